The van der Waals surface area contributed by atoms with Crippen LogP contribution < -0.4 is 0 Å². The molecule has 3 aromatic rings. The van der Waals surface area contributed by atoms with Gasteiger partial charge in [-0.05, 0) is 31.0 Å². The summed E-state index contributed by atoms with van der Waals surface area (Å²) in [5.74, 6) is 0.139. The van der Waals surface area contributed by atoms with Crippen LogP contribution >= 0.6 is 0 Å². The van der Waals surface area contributed by atoms with Gasteiger partial charge in [-0.1, -0.05) is 6.07 Å². The molecule has 4 rings (SSSR count). The van der Waals surface area contributed by atoms with Gasteiger partial charge < -0.3 is 13.9 Å². The number of hydrogen-bond acceptors (Lipinski definition) is 3. The second-order valence-corrected chi connectivity index (χ2v) is 6.29. The maximum atomic E-state index is 12.7. The molecule has 0 bridgehead atoms. The fourth-order valence-corrected chi connectivity index (χ4v) is 3.43. The predicted octanol–water partition coefficient (Wildman–Crippen LogP) is 2.83. The molecule has 1 aliphatic heterocycles. The van der Waals surface area contributed by atoms with Crippen LogP contribution in [0.2, 0.25) is 0 Å². The minimum atomic E-state index is 0.139. The molecule has 0 radical (unpaired) electrons. The lowest BCUT2D eigenvalue weighted by Gasteiger charge is -2.28. The van der Waals surface area contributed by atoms with Crippen molar-refractivity contribution in [3.05, 3.63) is 53.3 Å². The molecule has 1 aliphatic rings. The number of carbonyl (C=O) groups excluding carboxylic acids is 1. The van der Waals surface area contributed by atoms with Crippen molar-refractivity contribution in [1.82, 2.24) is 14.5 Å². The second kappa shape index (κ2) is 5.26. The van der Waals surface area contributed by atoms with Gasteiger partial charge in [0.25, 0.3) is 0 Å². The van der Waals surface area contributed by atoms with Crippen LogP contribution in [0.5, 0.6) is 0 Å². The van der Waals surface area contributed by atoms with Crippen LogP contribution in [-0.2, 0) is 24.3 Å². The maximum absolute atomic E-state index is 12.7. The number of amides is 1. The Bertz CT molecular complexity index is 891. The van der Waals surface area contributed by atoms with E-state index >= 15 is 0 Å². The summed E-state index contributed by atoms with van der Waals surface area (Å²) in [6.07, 6.45) is 5.76. The van der Waals surface area contributed by atoms with Gasteiger partial charge in [0.15, 0.2) is 0 Å². The van der Waals surface area contributed by atoms with Crippen molar-refractivity contribution < 1.29 is 9.21 Å². The molecular weight excluding hydrogens is 290 g/mol. The van der Waals surface area contributed by atoms with E-state index in [0.717, 1.165) is 40.9 Å². The lowest BCUT2D eigenvalue weighted by Crippen LogP contribution is -2.38. The monoisotopic (exact) mass is 309 g/mol. The number of imidazole rings is 1. The summed E-state index contributed by atoms with van der Waals surface area (Å²) in [6.45, 7) is 6.29. The number of carbonyl (C=O) groups is 1. The van der Waals surface area contributed by atoms with Crippen molar-refractivity contribution in [2.75, 3.05) is 6.54 Å². The molecule has 5 nitrogen and oxygen atoms in total. The molecule has 0 spiro atoms. The van der Waals surface area contributed by atoms with Gasteiger partial charge in [-0.15, -0.1) is 0 Å². The molecule has 1 amide bonds. The summed E-state index contributed by atoms with van der Waals surface area (Å²) in [5, 5.41) is 1.08. The first-order valence-electron chi connectivity index (χ1n) is 7.86. The zero-order valence-electron chi connectivity index (χ0n) is 13.4. The maximum Gasteiger partial charge on any atom is 0.227 e. The summed E-state index contributed by atoms with van der Waals surface area (Å²) < 4.78 is 7.76. The molecule has 118 valence electrons. The van der Waals surface area contributed by atoms with Crippen LogP contribution in [0.25, 0.3) is 11.0 Å². The molecule has 0 saturated heterocycles. The Labute approximate surface area is 134 Å². The number of aryl methyl sites for hydroxylation is 2. The highest BCUT2D eigenvalue weighted by atomic mass is 16.3. The zero-order chi connectivity index (χ0) is 16.0. The topological polar surface area (TPSA) is 51.3 Å². The standard InChI is InChI=1S/C18H19N3O2/c1-12-5-13(2)18-14(10-23-16(18)6-12)7-17(22)20-3-4-21-11-19-8-15(21)9-20/h5-6,8,10-11H,3-4,7,9H2,1-2H3. The number of aromatic nitrogens is 2. The Kier molecular flexibility index (Phi) is 3.22. The van der Waals surface area contributed by atoms with Crippen LogP contribution in [0.15, 0.2) is 35.3 Å². The normalized spacial score (nSPS) is 14.3. The summed E-state index contributed by atoms with van der Waals surface area (Å²) in [7, 11) is 0. The van der Waals surface area contributed by atoms with E-state index in [9.17, 15) is 4.79 Å². The van der Waals surface area contributed by atoms with E-state index in [1.165, 1.54) is 5.56 Å². The Morgan fingerprint density at radius 1 is 1.30 bits per heavy atom. The van der Waals surface area contributed by atoms with Gasteiger partial charge in [-0.3, -0.25) is 4.79 Å². The number of nitrogens with zero attached hydrogens (tertiary/aromatic N) is 3. The molecule has 0 fully saturated rings. The van der Waals surface area contributed by atoms with Crippen molar-refractivity contribution in [1.29, 1.82) is 0 Å². The number of hydrogen-bond donors (Lipinski definition) is 0. The summed E-state index contributed by atoms with van der Waals surface area (Å²) in [4.78, 5) is 18.7. The quantitative estimate of drug-likeness (QED) is 0.731. The highest BCUT2D eigenvalue weighted by molar-refractivity contribution is 5.90. The fraction of sp³-hybridized carbons (Fsp3) is 0.333. The first kappa shape index (κ1) is 14.1. The first-order chi connectivity index (χ1) is 11.1. The smallest absolute Gasteiger partial charge is 0.227 e. The van der Waals surface area contributed by atoms with Gasteiger partial charge in [0, 0.05) is 30.2 Å². The van der Waals surface area contributed by atoms with E-state index in [2.05, 4.69) is 29.5 Å². The SMILES string of the molecule is Cc1cc(C)c2c(CC(=O)N3CCn4cncc4C3)coc2c1. The Hall–Kier alpha value is -2.56. The Balaban J connectivity index is 1.58. The van der Waals surface area contributed by atoms with Gasteiger partial charge >= 0.3 is 0 Å². The average molecular weight is 309 g/mol. The fourth-order valence-electron chi connectivity index (χ4n) is 3.43. The van der Waals surface area contributed by atoms with Gasteiger partial charge in [0.2, 0.25) is 5.91 Å². The van der Waals surface area contributed by atoms with E-state index < -0.39 is 0 Å². The summed E-state index contributed by atoms with van der Waals surface area (Å²) in [5.41, 5.74) is 5.26. The molecule has 23 heavy (non-hydrogen) atoms. The third-order valence-electron chi connectivity index (χ3n) is 4.55. The van der Waals surface area contributed by atoms with Crippen molar-refractivity contribution in [2.45, 2.75) is 33.4 Å². The van der Waals surface area contributed by atoms with Crippen LogP contribution in [0.3, 0.4) is 0 Å². The Morgan fingerprint density at radius 2 is 2.17 bits per heavy atom. The average Bonchev–Trinajstić information content (AvgIpc) is 3.13. The van der Waals surface area contributed by atoms with Crippen molar-refractivity contribution in [3.63, 3.8) is 0 Å². The third-order valence-corrected chi connectivity index (χ3v) is 4.55. The molecular formula is C18H19N3O2. The third kappa shape index (κ3) is 2.42. The van der Waals surface area contributed by atoms with E-state index in [1.54, 1.807) is 6.26 Å². The first-order valence-corrected chi connectivity index (χ1v) is 7.86. The highest BCUT2D eigenvalue weighted by Crippen LogP contribution is 2.27. The molecule has 2 aromatic heterocycles. The number of fused-ring (bicyclic) bond motifs is 2. The lowest BCUT2D eigenvalue weighted by molar-refractivity contribution is -0.131. The van der Waals surface area contributed by atoms with Crippen LogP contribution in [-0.4, -0.2) is 26.9 Å². The van der Waals surface area contributed by atoms with Crippen LogP contribution in [0.1, 0.15) is 22.4 Å². The molecule has 3 heterocycles. The van der Waals surface area contributed by atoms with Gasteiger partial charge in [0.05, 0.1) is 31.2 Å². The highest BCUT2D eigenvalue weighted by Gasteiger charge is 2.22. The summed E-state index contributed by atoms with van der Waals surface area (Å²) >= 11 is 0. The molecule has 5 heteroatoms. The van der Waals surface area contributed by atoms with Gasteiger partial charge in [-0.25, -0.2) is 4.98 Å². The number of furan rings is 1. The second-order valence-electron chi connectivity index (χ2n) is 6.29. The molecule has 1 aromatic carbocycles. The van der Waals surface area contributed by atoms with Crippen LogP contribution in [0.4, 0.5) is 0 Å². The molecule has 0 N–H and O–H groups in total. The van der Waals surface area contributed by atoms with Crippen molar-refractivity contribution >= 4 is 16.9 Å². The minimum Gasteiger partial charge on any atom is -0.464 e. The molecule has 0 atom stereocenters. The Morgan fingerprint density at radius 3 is 3.04 bits per heavy atom. The van der Waals surface area contributed by atoms with E-state index in [1.807, 2.05) is 23.5 Å². The number of rotatable bonds is 2. The van der Waals surface area contributed by atoms with Crippen molar-refractivity contribution in [2.24, 2.45) is 0 Å². The predicted molar refractivity (Wildman–Crippen MR) is 87.0 cm³/mol. The van der Waals surface area contributed by atoms with E-state index in [0.29, 0.717) is 13.0 Å². The minimum absolute atomic E-state index is 0.139. The lowest BCUT2D eigenvalue weighted by atomic mass is 10.0. The van der Waals surface area contributed by atoms with Crippen LogP contribution in [0, 0.1) is 13.8 Å². The van der Waals surface area contributed by atoms with Crippen molar-refractivity contribution in [3.8, 4) is 0 Å². The molecule has 0 aliphatic carbocycles. The van der Waals surface area contributed by atoms with E-state index in [4.69, 9.17) is 4.42 Å². The summed E-state index contributed by atoms with van der Waals surface area (Å²) in [6, 6.07) is 4.15. The molecule has 0 saturated carbocycles. The number of benzene rings is 1. The van der Waals surface area contributed by atoms with Gasteiger partial charge in [-0.2, -0.15) is 0 Å². The zero-order valence-corrected chi connectivity index (χ0v) is 13.4. The largest absolute Gasteiger partial charge is 0.464 e. The molecule has 0 unspecified atom stereocenters. The van der Waals surface area contributed by atoms with Gasteiger partial charge in [0.1, 0.15) is 5.58 Å². The van der Waals surface area contributed by atoms with E-state index in [-0.39, 0.29) is 5.91 Å².